The molecule has 3 N–H and O–H groups in total. The van der Waals surface area contributed by atoms with E-state index in [2.05, 4.69) is 10.6 Å². The Morgan fingerprint density at radius 3 is 2.73 bits per heavy atom. The second-order valence-corrected chi connectivity index (χ2v) is 2.20. The van der Waals surface area contributed by atoms with Gasteiger partial charge in [0.15, 0.2) is 12.5 Å². The second kappa shape index (κ2) is 2.71. The predicted octanol–water partition coefficient (Wildman–Crippen LogP) is -0.910. The van der Waals surface area contributed by atoms with Crippen molar-refractivity contribution in [3.8, 4) is 0 Å². The van der Waals surface area contributed by atoms with E-state index in [1.54, 1.807) is 6.92 Å². The zero-order valence-corrected chi connectivity index (χ0v) is 5.92. The van der Waals surface area contributed by atoms with Crippen molar-refractivity contribution in [2.45, 2.75) is 13.2 Å². The van der Waals surface area contributed by atoms with Gasteiger partial charge in [-0.05, 0) is 6.92 Å². The summed E-state index contributed by atoms with van der Waals surface area (Å²) in [5.41, 5.74) is 0.542. The number of amides is 2. The molecule has 2 amide bonds. The number of urea groups is 1. The van der Waals surface area contributed by atoms with E-state index in [0.717, 1.165) is 0 Å². The van der Waals surface area contributed by atoms with Crippen LogP contribution in [0.25, 0.3) is 0 Å². The lowest BCUT2D eigenvalue weighted by Gasteiger charge is -2.21. The van der Waals surface area contributed by atoms with E-state index in [1.807, 2.05) is 0 Å². The molecule has 0 fully saturated rings. The third-order valence-corrected chi connectivity index (χ3v) is 1.42. The van der Waals surface area contributed by atoms with Crippen LogP contribution < -0.4 is 10.6 Å². The van der Waals surface area contributed by atoms with Crippen LogP contribution in [-0.2, 0) is 4.79 Å². The molecular weight excluding hydrogens is 148 g/mol. The smallest absolute Gasteiger partial charge is 0.321 e. The van der Waals surface area contributed by atoms with Crippen molar-refractivity contribution in [2.24, 2.45) is 0 Å². The maximum absolute atomic E-state index is 10.6. The molecule has 0 spiro atoms. The van der Waals surface area contributed by atoms with Gasteiger partial charge in [0.2, 0.25) is 0 Å². The predicted molar refractivity (Wildman–Crippen MR) is 36.4 cm³/mol. The van der Waals surface area contributed by atoms with Crippen LogP contribution in [0.5, 0.6) is 0 Å². The van der Waals surface area contributed by atoms with Crippen LogP contribution in [0, 0.1) is 0 Å². The van der Waals surface area contributed by atoms with E-state index >= 15 is 0 Å². The molecule has 1 aliphatic heterocycles. The average molecular weight is 156 g/mol. The van der Waals surface area contributed by atoms with Crippen LogP contribution in [0.1, 0.15) is 6.92 Å². The standard InChI is InChI=1S/C6H8N2O3/c1-3-4(2-9)5(10)8-6(11)7-3/h2,5,10H,1H3,(H2,7,8,11). The molecule has 5 nitrogen and oxygen atoms in total. The lowest BCUT2D eigenvalue weighted by molar-refractivity contribution is -0.106. The van der Waals surface area contributed by atoms with Gasteiger partial charge in [0.25, 0.3) is 0 Å². The maximum Gasteiger partial charge on any atom is 0.321 e. The number of rotatable bonds is 1. The monoisotopic (exact) mass is 156 g/mol. The number of aliphatic hydroxyl groups excluding tert-OH is 1. The number of hydrogen-bond acceptors (Lipinski definition) is 3. The summed E-state index contributed by atoms with van der Waals surface area (Å²) in [7, 11) is 0. The Balaban J connectivity index is 2.94. The fourth-order valence-electron chi connectivity index (χ4n) is 0.838. The number of nitrogens with one attached hydrogen (secondary N) is 2. The number of aliphatic hydroxyl groups is 1. The van der Waals surface area contributed by atoms with Crippen molar-refractivity contribution in [3.63, 3.8) is 0 Å². The summed E-state index contributed by atoms with van der Waals surface area (Å²) >= 11 is 0. The Morgan fingerprint density at radius 2 is 2.27 bits per heavy atom. The molecule has 11 heavy (non-hydrogen) atoms. The first-order chi connectivity index (χ1) is 5.15. The van der Waals surface area contributed by atoms with E-state index in [-0.39, 0.29) is 5.57 Å². The number of allylic oxidation sites excluding steroid dienone is 1. The van der Waals surface area contributed by atoms with Gasteiger partial charge in [0.1, 0.15) is 0 Å². The summed E-state index contributed by atoms with van der Waals surface area (Å²) in [5, 5.41) is 13.5. The zero-order valence-electron chi connectivity index (χ0n) is 5.92. The molecule has 0 saturated heterocycles. The van der Waals surface area contributed by atoms with Crippen molar-refractivity contribution >= 4 is 12.3 Å². The summed E-state index contributed by atoms with van der Waals surface area (Å²) in [6.45, 7) is 1.55. The Hall–Kier alpha value is -1.36. The largest absolute Gasteiger partial charge is 0.369 e. The number of carbonyl (C=O) groups excluding carboxylic acids is 2. The molecule has 0 radical (unpaired) electrons. The fraction of sp³-hybridized carbons (Fsp3) is 0.333. The van der Waals surface area contributed by atoms with E-state index in [4.69, 9.17) is 5.11 Å². The molecule has 0 bridgehead atoms. The van der Waals surface area contributed by atoms with Crippen LogP contribution in [0.3, 0.4) is 0 Å². The van der Waals surface area contributed by atoms with Crippen molar-refractivity contribution in [2.75, 3.05) is 0 Å². The topological polar surface area (TPSA) is 78.4 Å². The fourth-order valence-corrected chi connectivity index (χ4v) is 0.838. The molecule has 1 atom stereocenters. The van der Waals surface area contributed by atoms with Gasteiger partial charge in [0, 0.05) is 5.70 Å². The zero-order chi connectivity index (χ0) is 8.43. The highest BCUT2D eigenvalue weighted by molar-refractivity contribution is 5.85. The minimum Gasteiger partial charge on any atom is -0.369 e. The van der Waals surface area contributed by atoms with Crippen LogP contribution >= 0.6 is 0 Å². The number of aldehydes is 1. The molecule has 1 heterocycles. The van der Waals surface area contributed by atoms with Crippen LogP contribution in [-0.4, -0.2) is 23.7 Å². The minimum atomic E-state index is -1.18. The molecule has 60 valence electrons. The summed E-state index contributed by atoms with van der Waals surface area (Å²) < 4.78 is 0. The molecule has 0 aromatic heterocycles. The highest BCUT2D eigenvalue weighted by atomic mass is 16.3. The summed E-state index contributed by atoms with van der Waals surface area (Å²) in [6, 6.07) is -0.499. The number of hydrogen-bond donors (Lipinski definition) is 3. The first kappa shape index (κ1) is 7.74. The normalized spacial score (nSPS) is 24.2. The molecule has 1 aliphatic rings. The van der Waals surface area contributed by atoms with Gasteiger partial charge in [-0.15, -0.1) is 0 Å². The van der Waals surface area contributed by atoms with Crippen molar-refractivity contribution in [3.05, 3.63) is 11.3 Å². The van der Waals surface area contributed by atoms with Crippen LogP contribution in [0.4, 0.5) is 4.79 Å². The molecule has 0 aliphatic carbocycles. The van der Waals surface area contributed by atoms with Crippen molar-refractivity contribution < 1.29 is 14.7 Å². The van der Waals surface area contributed by atoms with Crippen LogP contribution in [0.2, 0.25) is 0 Å². The maximum atomic E-state index is 10.6. The first-order valence-electron chi connectivity index (χ1n) is 3.06. The molecule has 0 saturated carbocycles. The summed E-state index contributed by atoms with van der Waals surface area (Å²) in [6.07, 6.45) is -0.673. The van der Waals surface area contributed by atoms with Gasteiger partial charge in [-0.1, -0.05) is 0 Å². The highest BCUT2D eigenvalue weighted by Crippen LogP contribution is 2.05. The van der Waals surface area contributed by atoms with Gasteiger partial charge >= 0.3 is 6.03 Å². The third-order valence-electron chi connectivity index (χ3n) is 1.42. The molecule has 0 aromatic rings. The van der Waals surface area contributed by atoms with Gasteiger partial charge < -0.3 is 15.7 Å². The average Bonchev–Trinajstić information content (AvgIpc) is 1.85. The Morgan fingerprint density at radius 1 is 1.64 bits per heavy atom. The molecule has 1 unspecified atom stereocenters. The van der Waals surface area contributed by atoms with Crippen LogP contribution in [0.15, 0.2) is 11.3 Å². The van der Waals surface area contributed by atoms with Crippen molar-refractivity contribution in [1.82, 2.24) is 10.6 Å². The SMILES string of the molecule is CC1=C(C=O)C(O)NC(=O)N1. The van der Waals surface area contributed by atoms with Gasteiger partial charge in [-0.3, -0.25) is 4.79 Å². The molecular formula is C6H8N2O3. The number of carbonyl (C=O) groups is 2. The Labute approximate surface area is 63.1 Å². The van der Waals surface area contributed by atoms with Crippen molar-refractivity contribution in [1.29, 1.82) is 0 Å². The third kappa shape index (κ3) is 1.38. The molecule has 0 aromatic carbocycles. The molecule has 1 rings (SSSR count). The summed E-state index contributed by atoms with van der Waals surface area (Å²) in [5.74, 6) is 0. The lowest BCUT2D eigenvalue weighted by atomic mass is 10.2. The van der Waals surface area contributed by atoms with Gasteiger partial charge in [-0.2, -0.15) is 0 Å². The second-order valence-electron chi connectivity index (χ2n) is 2.20. The van der Waals surface area contributed by atoms with E-state index in [0.29, 0.717) is 12.0 Å². The van der Waals surface area contributed by atoms with Gasteiger partial charge in [0.05, 0.1) is 5.57 Å². The highest BCUT2D eigenvalue weighted by Gasteiger charge is 2.21. The minimum absolute atomic E-state index is 0.157. The lowest BCUT2D eigenvalue weighted by Crippen LogP contribution is -2.48. The Kier molecular flexibility index (Phi) is 1.91. The summed E-state index contributed by atoms with van der Waals surface area (Å²) in [4.78, 5) is 20.9. The van der Waals surface area contributed by atoms with E-state index in [1.165, 1.54) is 0 Å². The van der Waals surface area contributed by atoms with Gasteiger partial charge in [-0.25, -0.2) is 4.79 Å². The van der Waals surface area contributed by atoms with E-state index < -0.39 is 12.3 Å². The van der Waals surface area contributed by atoms with E-state index in [9.17, 15) is 9.59 Å². The first-order valence-corrected chi connectivity index (χ1v) is 3.06. The Bertz CT molecular complexity index is 234. The molecule has 5 heteroatoms. The quantitative estimate of drug-likeness (QED) is 0.430.